The molecule has 9 heteroatoms. The Kier molecular flexibility index (Phi) is 5.19. The summed E-state index contributed by atoms with van der Waals surface area (Å²) < 4.78 is 7.25. The maximum atomic E-state index is 12.7. The first-order valence-electron chi connectivity index (χ1n) is 10.8. The predicted molar refractivity (Wildman–Crippen MR) is 118 cm³/mol. The Morgan fingerprint density at radius 2 is 2.13 bits per heavy atom. The summed E-state index contributed by atoms with van der Waals surface area (Å²) in [6, 6.07) is 8.03. The highest BCUT2D eigenvalue weighted by Crippen LogP contribution is 2.30. The lowest BCUT2D eigenvalue weighted by molar-refractivity contribution is 0.0793. The number of ether oxygens (including phenoxy) is 1. The molecule has 0 aromatic carbocycles. The summed E-state index contributed by atoms with van der Waals surface area (Å²) in [4.78, 5) is 22.2. The maximum absolute atomic E-state index is 12.7. The number of nitrogens with zero attached hydrogens (tertiary/aromatic N) is 4. The van der Waals surface area contributed by atoms with Crippen molar-refractivity contribution in [2.45, 2.75) is 38.1 Å². The SMILES string of the molecule is CNc1cc(Nc2cccc(C3CCCOC3)n2)nc2c(C(=O)N[C@@H]3C[C@@H]3C)cnn12. The summed E-state index contributed by atoms with van der Waals surface area (Å²) in [6.07, 6.45) is 4.72. The van der Waals surface area contributed by atoms with Crippen LogP contribution in [0.15, 0.2) is 30.5 Å². The summed E-state index contributed by atoms with van der Waals surface area (Å²) in [5.41, 5.74) is 1.97. The third-order valence-corrected chi connectivity index (χ3v) is 6.00. The summed E-state index contributed by atoms with van der Waals surface area (Å²) >= 11 is 0. The van der Waals surface area contributed by atoms with Crippen molar-refractivity contribution in [1.29, 1.82) is 0 Å². The molecule has 1 amide bonds. The van der Waals surface area contributed by atoms with Gasteiger partial charge in [0, 0.05) is 37.4 Å². The zero-order chi connectivity index (χ0) is 21.4. The molecule has 3 aromatic rings. The third kappa shape index (κ3) is 4.05. The van der Waals surface area contributed by atoms with E-state index in [4.69, 9.17) is 9.72 Å². The number of amides is 1. The van der Waals surface area contributed by atoms with Gasteiger partial charge in [-0.2, -0.15) is 9.61 Å². The van der Waals surface area contributed by atoms with Gasteiger partial charge in [0.25, 0.3) is 5.91 Å². The van der Waals surface area contributed by atoms with Crippen LogP contribution in [0.3, 0.4) is 0 Å². The Bertz CT molecular complexity index is 1110. The van der Waals surface area contributed by atoms with Crippen LogP contribution in [0.25, 0.3) is 5.65 Å². The molecule has 31 heavy (non-hydrogen) atoms. The molecule has 3 N–H and O–H groups in total. The van der Waals surface area contributed by atoms with Gasteiger partial charge in [-0.05, 0) is 37.3 Å². The number of nitrogens with one attached hydrogen (secondary N) is 3. The molecular formula is C22H27N7O2. The van der Waals surface area contributed by atoms with Gasteiger partial charge in [-0.1, -0.05) is 13.0 Å². The average Bonchev–Trinajstić information content (AvgIpc) is 3.31. The van der Waals surface area contributed by atoms with Crippen molar-refractivity contribution >= 4 is 29.0 Å². The van der Waals surface area contributed by atoms with Crippen LogP contribution >= 0.6 is 0 Å². The molecule has 0 bridgehead atoms. The minimum Gasteiger partial charge on any atom is -0.381 e. The second-order valence-corrected chi connectivity index (χ2v) is 8.35. The average molecular weight is 422 g/mol. The summed E-state index contributed by atoms with van der Waals surface area (Å²) in [7, 11) is 1.81. The largest absolute Gasteiger partial charge is 0.381 e. The number of carbonyl (C=O) groups excluding carboxylic acids is 1. The molecule has 1 saturated heterocycles. The van der Waals surface area contributed by atoms with Crippen LogP contribution in [0.1, 0.15) is 48.2 Å². The Hall–Kier alpha value is -3.20. The van der Waals surface area contributed by atoms with Gasteiger partial charge in [0.05, 0.1) is 12.8 Å². The Labute approximate surface area is 180 Å². The van der Waals surface area contributed by atoms with E-state index in [2.05, 4.69) is 33.0 Å². The lowest BCUT2D eigenvalue weighted by atomic mass is 9.98. The van der Waals surface area contributed by atoms with Crippen LogP contribution in [0, 0.1) is 5.92 Å². The van der Waals surface area contributed by atoms with Crippen molar-refractivity contribution in [2.75, 3.05) is 30.9 Å². The van der Waals surface area contributed by atoms with Crippen LogP contribution in [-0.4, -0.2) is 51.8 Å². The van der Waals surface area contributed by atoms with E-state index in [0.717, 1.165) is 37.4 Å². The molecule has 3 atom stereocenters. The zero-order valence-electron chi connectivity index (χ0n) is 17.8. The van der Waals surface area contributed by atoms with Gasteiger partial charge >= 0.3 is 0 Å². The van der Waals surface area contributed by atoms with Crippen molar-refractivity contribution in [2.24, 2.45) is 5.92 Å². The summed E-state index contributed by atoms with van der Waals surface area (Å²) in [6.45, 7) is 3.66. The fourth-order valence-corrected chi connectivity index (χ4v) is 3.99. The first-order chi connectivity index (χ1) is 15.1. The van der Waals surface area contributed by atoms with Gasteiger partial charge in [0.15, 0.2) is 5.65 Å². The Morgan fingerprint density at radius 3 is 2.87 bits per heavy atom. The smallest absolute Gasteiger partial charge is 0.256 e. The van der Waals surface area contributed by atoms with E-state index >= 15 is 0 Å². The van der Waals surface area contributed by atoms with Crippen molar-refractivity contribution < 1.29 is 9.53 Å². The lowest BCUT2D eigenvalue weighted by Gasteiger charge is -2.22. The van der Waals surface area contributed by atoms with Crippen molar-refractivity contribution in [3.63, 3.8) is 0 Å². The van der Waals surface area contributed by atoms with E-state index in [1.54, 1.807) is 10.7 Å². The molecule has 1 aliphatic heterocycles. The Morgan fingerprint density at radius 1 is 1.26 bits per heavy atom. The van der Waals surface area contributed by atoms with Gasteiger partial charge in [-0.25, -0.2) is 9.97 Å². The molecule has 4 heterocycles. The normalized spacial score (nSPS) is 22.8. The van der Waals surface area contributed by atoms with Crippen LogP contribution in [0.5, 0.6) is 0 Å². The van der Waals surface area contributed by atoms with Crippen molar-refractivity contribution in [3.05, 3.63) is 41.7 Å². The minimum atomic E-state index is -0.145. The first-order valence-corrected chi connectivity index (χ1v) is 10.8. The molecule has 5 rings (SSSR count). The van der Waals surface area contributed by atoms with Gasteiger partial charge in [0.1, 0.15) is 23.0 Å². The van der Waals surface area contributed by atoms with E-state index < -0.39 is 0 Å². The molecule has 2 fully saturated rings. The van der Waals surface area contributed by atoms with Crippen LogP contribution < -0.4 is 16.0 Å². The van der Waals surface area contributed by atoms with Gasteiger partial charge in [0.2, 0.25) is 0 Å². The number of rotatable bonds is 6. The highest BCUT2D eigenvalue weighted by atomic mass is 16.5. The molecule has 2 aliphatic rings. The van der Waals surface area contributed by atoms with Gasteiger partial charge in [-0.3, -0.25) is 4.79 Å². The number of hydrogen-bond acceptors (Lipinski definition) is 7. The third-order valence-electron chi connectivity index (χ3n) is 6.00. The first kappa shape index (κ1) is 19.7. The molecule has 0 spiro atoms. The highest BCUT2D eigenvalue weighted by molar-refractivity contribution is 6.00. The topological polar surface area (TPSA) is 105 Å². The zero-order valence-corrected chi connectivity index (χ0v) is 17.8. The van der Waals surface area contributed by atoms with Crippen LogP contribution in [-0.2, 0) is 4.74 Å². The standard InChI is InChI=1S/C22H27N7O2/c1-13-9-17(13)26-22(30)15-11-24-29-20(23-2)10-19(28-21(15)29)27-18-7-3-6-16(25-18)14-5-4-8-31-12-14/h3,6-7,10-11,13-14,17,23H,4-5,8-9,12H2,1-2H3,(H,26,30)(H,25,27,28)/t13-,14?,17+/m0/s1. The fraction of sp³-hybridized carbons (Fsp3) is 0.455. The predicted octanol–water partition coefficient (Wildman–Crippen LogP) is 2.94. The summed E-state index contributed by atoms with van der Waals surface area (Å²) in [5.74, 6) is 2.72. The number of aromatic nitrogens is 4. The molecule has 162 valence electrons. The van der Waals surface area contributed by atoms with E-state index in [1.165, 1.54) is 0 Å². The fourth-order valence-electron chi connectivity index (χ4n) is 3.99. The van der Waals surface area contributed by atoms with E-state index in [1.807, 2.05) is 31.3 Å². The van der Waals surface area contributed by atoms with E-state index in [-0.39, 0.29) is 11.9 Å². The van der Waals surface area contributed by atoms with Gasteiger partial charge < -0.3 is 20.7 Å². The van der Waals surface area contributed by atoms with Crippen LogP contribution in [0.2, 0.25) is 0 Å². The number of pyridine rings is 1. The molecule has 3 aromatic heterocycles. The quantitative estimate of drug-likeness (QED) is 0.562. The maximum Gasteiger partial charge on any atom is 0.256 e. The highest BCUT2D eigenvalue weighted by Gasteiger charge is 2.34. The van der Waals surface area contributed by atoms with Crippen molar-refractivity contribution in [1.82, 2.24) is 24.9 Å². The number of anilines is 3. The number of fused-ring (bicyclic) bond motifs is 1. The molecule has 1 unspecified atom stereocenters. The molecule has 1 saturated carbocycles. The number of carbonyl (C=O) groups is 1. The molecule has 0 radical (unpaired) electrons. The Balaban J connectivity index is 1.43. The second-order valence-electron chi connectivity index (χ2n) is 8.35. The van der Waals surface area contributed by atoms with E-state index in [0.29, 0.717) is 41.3 Å². The molecule has 9 nitrogen and oxygen atoms in total. The number of hydrogen-bond donors (Lipinski definition) is 3. The van der Waals surface area contributed by atoms with Gasteiger partial charge in [-0.15, -0.1) is 0 Å². The molecule has 1 aliphatic carbocycles. The second kappa shape index (κ2) is 8.14. The monoisotopic (exact) mass is 421 g/mol. The minimum absolute atomic E-state index is 0.145. The van der Waals surface area contributed by atoms with Crippen LogP contribution in [0.4, 0.5) is 17.5 Å². The van der Waals surface area contributed by atoms with E-state index in [9.17, 15) is 4.79 Å². The molecular weight excluding hydrogens is 394 g/mol. The summed E-state index contributed by atoms with van der Waals surface area (Å²) in [5, 5.41) is 13.8. The van der Waals surface area contributed by atoms with Crippen molar-refractivity contribution in [3.8, 4) is 0 Å². The lowest BCUT2D eigenvalue weighted by Crippen LogP contribution is -2.26.